The molecule has 0 bridgehead atoms. The van der Waals surface area contributed by atoms with Crippen LogP contribution >= 0.6 is 0 Å². The number of rotatable bonds is 2. The first-order chi connectivity index (χ1) is 4.68. The van der Waals surface area contributed by atoms with Gasteiger partial charge in [0.15, 0.2) is 0 Å². The number of hydrogen-bond acceptors (Lipinski definition) is 4. The molecule has 10 heavy (non-hydrogen) atoms. The van der Waals surface area contributed by atoms with E-state index in [0.717, 1.165) is 0 Å². The van der Waals surface area contributed by atoms with Crippen molar-refractivity contribution in [2.24, 2.45) is 5.73 Å². The first-order valence-electron chi connectivity index (χ1n) is 2.33. The molecule has 0 fully saturated rings. The molecule has 0 spiro atoms. The summed E-state index contributed by atoms with van der Waals surface area (Å²) in [6, 6.07) is 0. The number of hydrogen-bond donors (Lipinski definition) is 1. The van der Waals surface area contributed by atoms with Gasteiger partial charge >= 0.3 is 16.1 Å². The zero-order valence-electron chi connectivity index (χ0n) is 6.21. The van der Waals surface area contributed by atoms with Crippen LogP contribution in [0.4, 0.5) is 4.79 Å². The van der Waals surface area contributed by atoms with Crippen LogP contribution in [0, 0.1) is 0 Å². The highest BCUT2D eigenvalue weighted by Gasteiger charge is 1.76. The summed E-state index contributed by atoms with van der Waals surface area (Å²) in [4.78, 5) is 9.37. The Kier molecular flexibility index (Phi) is 13.6. The lowest BCUT2D eigenvalue weighted by molar-refractivity contribution is 0.182. The van der Waals surface area contributed by atoms with Gasteiger partial charge in [-0.2, -0.15) is 0 Å². The first-order valence-corrected chi connectivity index (χ1v) is 3.15. The molecule has 0 saturated carbocycles. The van der Waals surface area contributed by atoms with E-state index in [1.54, 1.807) is 14.2 Å². The van der Waals surface area contributed by atoms with E-state index in [1.165, 1.54) is 7.11 Å². The number of carbonyl (C=O) groups excluding carboxylic acids is 1. The Hall–Kier alpha value is -0.593. The van der Waals surface area contributed by atoms with Gasteiger partial charge in [-0.1, -0.05) is 0 Å². The molecule has 2 N–H and O–H groups in total. The summed E-state index contributed by atoms with van der Waals surface area (Å²) in [6.07, 6.45) is -0.745. The van der Waals surface area contributed by atoms with E-state index in [-0.39, 0.29) is 10.0 Å². The highest BCUT2D eigenvalue weighted by atomic mass is 28.3. The normalized spacial score (nSPS) is 7.50. The summed E-state index contributed by atoms with van der Waals surface area (Å²) in [6.45, 7) is 0. The second kappa shape index (κ2) is 11.2. The lowest BCUT2D eigenvalue weighted by atomic mass is 11.3. The van der Waals surface area contributed by atoms with Crippen LogP contribution < -0.4 is 5.73 Å². The molecule has 60 valence electrons. The van der Waals surface area contributed by atoms with Gasteiger partial charge in [-0.3, -0.25) is 0 Å². The van der Waals surface area contributed by atoms with Crippen molar-refractivity contribution >= 4 is 16.1 Å². The molecule has 0 aromatic rings. The molecule has 0 aliphatic rings. The Morgan fingerprint density at radius 3 is 1.60 bits per heavy atom. The fraction of sp³-hybridized carbons (Fsp3) is 0.750. The second-order valence-electron chi connectivity index (χ2n) is 1.01. The molecular weight excluding hydrogens is 154 g/mol. The lowest BCUT2D eigenvalue weighted by Crippen LogP contribution is -2.08. The zero-order chi connectivity index (χ0) is 8.41. The third kappa shape index (κ3) is 26.2. The number of amides is 1. The predicted octanol–water partition coefficient (Wildman–Crippen LogP) is -0.475. The van der Waals surface area contributed by atoms with Crippen molar-refractivity contribution in [1.29, 1.82) is 0 Å². The van der Waals surface area contributed by atoms with Crippen LogP contribution in [0.2, 0.25) is 0 Å². The molecule has 0 aromatic heterocycles. The molecule has 0 unspecified atom stereocenters. The van der Waals surface area contributed by atoms with Crippen LogP contribution in [-0.4, -0.2) is 37.4 Å². The highest BCUT2D eigenvalue weighted by Crippen LogP contribution is 1.55. The molecule has 0 heterocycles. The topological polar surface area (TPSA) is 70.8 Å². The van der Waals surface area contributed by atoms with E-state index in [0.29, 0.717) is 0 Å². The summed E-state index contributed by atoms with van der Waals surface area (Å²) < 4.78 is 12.9. The van der Waals surface area contributed by atoms with Crippen molar-refractivity contribution in [3.05, 3.63) is 0 Å². The van der Waals surface area contributed by atoms with Gasteiger partial charge in [-0.25, -0.2) is 4.79 Å². The zero-order valence-corrected chi connectivity index (χ0v) is 7.21. The Labute approximate surface area is 62.5 Å². The fourth-order valence-corrected chi connectivity index (χ4v) is 0.250. The van der Waals surface area contributed by atoms with Gasteiger partial charge in [0.1, 0.15) is 0 Å². The summed E-state index contributed by atoms with van der Waals surface area (Å²) >= 11 is 0. The molecule has 0 aliphatic heterocycles. The number of primary amides is 1. The summed E-state index contributed by atoms with van der Waals surface area (Å²) in [5.41, 5.74) is 4.43. The minimum absolute atomic E-state index is 0.198. The van der Waals surface area contributed by atoms with Crippen molar-refractivity contribution in [3.63, 3.8) is 0 Å². The van der Waals surface area contributed by atoms with Crippen LogP contribution in [0.25, 0.3) is 0 Å². The van der Waals surface area contributed by atoms with Crippen LogP contribution in [-0.2, 0) is 13.6 Å². The third-order valence-corrected chi connectivity index (χ3v) is 0.701. The van der Waals surface area contributed by atoms with Crippen LogP contribution in [0.15, 0.2) is 0 Å². The van der Waals surface area contributed by atoms with E-state index in [2.05, 4.69) is 19.3 Å². The number of ether oxygens (including phenoxy) is 1. The quantitative estimate of drug-likeness (QED) is 0.561. The van der Waals surface area contributed by atoms with Gasteiger partial charge in [0.25, 0.3) is 0 Å². The fourth-order valence-electron chi connectivity index (χ4n) is 0.0833. The SMILES string of the molecule is COC(N)=O.CO[Si]OC. The van der Waals surface area contributed by atoms with Gasteiger partial charge in [0, 0.05) is 14.2 Å². The van der Waals surface area contributed by atoms with E-state index < -0.39 is 6.09 Å². The molecule has 0 rings (SSSR count). The van der Waals surface area contributed by atoms with E-state index in [1.807, 2.05) is 0 Å². The molecule has 1 amide bonds. The van der Waals surface area contributed by atoms with E-state index in [4.69, 9.17) is 0 Å². The highest BCUT2D eigenvalue weighted by molar-refractivity contribution is 6.17. The minimum Gasteiger partial charge on any atom is -0.453 e. The maximum absolute atomic E-state index is 9.37. The maximum atomic E-state index is 9.37. The molecule has 5 nitrogen and oxygen atoms in total. The van der Waals surface area contributed by atoms with Gasteiger partial charge in [0.2, 0.25) is 0 Å². The molecular formula is C4H11NO4Si. The number of carbonyl (C=O) groups is 1. The number of methoxy groups -OCH3 is 1. The molecule has 0 atom stereocenters. The Bertz CT molecular complexity index is 77.7. The third-order valence-electron chi connectivity index (χ3n) is 0.368. The van der Waals surface area contributed by atoms with Gasteiger partial charge in [0.05, 0.1) is 7.11 Å². The maximum Gasteiger partial charge on any atom is 0.432 e. The largest absolute Gasteiger partial charge is 0.453 e. The average Bonchev–Trinajstić information content (AvgIpc) is 1.91. The van der Waals surface area contributed by atoms with Crippen molar-refractivity contribution < 1.29 is 18.4 Å². The lowest BCUT2D eigenvalue weighted by Gasteiger charge is -1.82. The Morgan fingerprint density at radius 2 is 1.60 bits per heavy atom. The number of nitrogens with two attached hydrogens (primary N) is 1. The van der Waals surface area contributed by atoms with Crippen molar-refractivity contribution in [3.8, 4) is 0 Å². The molecule has 0 saturated heterocycles. The Morgan fingerprint density at radius 1 is 1.30 bits per heavy atom. The van der Waals surface area contributed by atoms with Crippen LogP contribution in [0.3, 0.4) is 0 Å². The molecule has 6 heteroatoms. The average molecular weight is 165 g/mol. The van der Waals surface area contributed by atoms with E-state index in [9.17, 15) is 4.79 Å². The predicted molar refractivity (Wildman–Crippen MR) is 36.4 cm³/mol. The van der Waals surface area contributed by atoms with Crippen molar-refractivity contribution in [2.45, 2.75) is 0 Å². The van der Waals surface area contributed by atoms with Crippen LogP contribution in [0.1, 0.15) is 0 Å². The standard InChI is InChI=1S/C2H5NO2.C2H6O2Si/c1-5-2(3)4;1-3-5-4-2/h1H3,(H2,3,4);1-2H3. The van der Waals surface area contributed by atoms with Gasteiger partial charge < -0.3 is 19.3 Å². The first kappa shape index (κ1) is 12.1. The summed E-state index contributed by atoms with van der Waals surface area (Å²) in [5.74, 6) is 0. The summed E-state index contributed by atoms with van der Waals surface area (Å²) in [5, 5.41) is 0. The Balaban J connectivity index is 0. The van der Waals surface area contributed by atoms with Crippen molar-refractivity contribution in [2.75, 3.05) is 21.3 Å². The van der Waals surface area contributed by atoms with Crippen molar-refractivity contribution in [1.82, 2.24) is 0 Å². The molecule has 0 aromatic carbocycles. The van der Waals surface area contributed by atoms with E-state index >= 15 is 0 Å². The minimum atomic E-state index is -0.745. The monoisotopic (exact) mass is 165 g/mol. The molecule has 0 aliphatic carbocycles. The second-order valence-corrected chi connectivity index (χ2v) is 2.00. The van der Waals surface area contributed by atoms with Crippen LogP contribution in [0.5, 0.6) is 0 Å². The smallest absolute Gasteiger partial charge is 0.432 e. The van der Waals surface area contributed by atoms with Gasteiger partial charge in [-0.15, -0.1) is 0 Å². The molecule has 2 radical (unpaired) electrons. The summed E-state index contributed by atoms with van der Waals surface area (Å²) in [7, 11) is 4.62. The van der Waals surface area contributed by atoms with Gasteiger partial charge in [-0.05, 0) is 0 Å².